The van der Waals surface area contributed by atoms with Crippen LogP contribution in [-0.4, -0.2) is 5.91 Å². The van der Waals surface area contributed by atoms with Crippen molar-refractivity contribution in [3.63, 3.8) is 0 Å². The van der Waals surface area contributed by atoms with E-state index in [4.69, 9.17) is 0 Å². The summed E-state index contributed by atoms with van der Waals surface area (Å²) in [6.45, 7) is 2.18. The Morgan fingerprint density at radius 2 is 2.04 bits per heavy atom. The average molecular weight is 354 g/mol. The molecule has 0 radical (unpaired) electrons. The first-order valence-corrected chi connectivity index (χ1v) is 8.50. The fourth-order valence-electron chi connectivity index (χ4n) is 2.84. The summed E-state index contributed by atoms with van der Waals surface area (Å²) < 4.78 is 38.8. The van der Waals surface area contributed by atoms with Gasteiger partial charge in [-0.25, -0.2) is 0 Å². The van der Waals surface area contributed by atoms with Crippen LogP contribution in [0.25, 0.3) is 0 Å². The van der Waals surface area contributed by atoms with Crippen LogP contribution in [0.5, 0.6) is 0 Å². The van der Waals surface area contributed by atoms with Crippen molar-refractivity contribution in [1.82, 2.24) is 5.43 Å². The number of halogens is 3. The third kappa shape index (κ3) is 3.56. The van der Waals surface area contributed by atoms with E-state index in [0.29, 0.717) is 10.8 Å². The highest BCUT2D eigenvalue weighted by molar-refractivity contribution is 7.14. The third-order valence-corrected chi connectivity index (χ3v) is 5.33. The number of para-hydroxylation sites is 1. The number of amides is 1. The van der Waals surface area contributed by atoms with Crippen LogP contribution >= 0.6 is 11.3 Å². The van der Waals surface area contributed by atoms with Crippen molar-refractivity contribution in [2.75, 3.05) is 5.43 Å². The van der Waals surface area contributed by atoms with Crippen molar-refractivity contribution in [3.05, 3.63) is 51.2 Å². The minimum absolute atomic E-state index is 0.173. The van der Waals surface area contributed by atoms with Crippen LogP contribution < -0.4 is 10.9 Å². The van der Waals surface area contributed by atoms with E-state index < -0.39 is 17.6 Å². The number of alkyl halides is 3. The van der Waals surface area contributed by atoms with Crippen molar-refractivity contribution in [3.8, 4) is 0 Å². The number of aryl methyl sites for hydroxylation is 1. The molecule has 7 heteroatoms. The van der Waals surface area contributed by atoms with Gasteiger partial charge in [-0.1, -0.05) is 19.1 Å². The molecule has 0 saturated carbocycles. The summed E-state index contributed by atoms with van der Waals surface area (Å²) in [6, 6.07) is 6.89. The molecule has 1 atom stereocenters. The quantitative estimate of drug-likeness (QED) is 0.788. The van der Waals surface area contributed by atoms with E-state index in [1.165, 1.54) is 40.0 Å². The molecule has 0 spiro atoms. The van der Waals surface area contributed by atoms with Gasteiger partial charge in [0, 0.05) is 4.88 Å². The molecule has 1 aliphatic rings. The topological polar surface area (TPSA) is 41.1 Å². The molecule has 1 aromatic carbocycles. The van der Waals surface area contributed by atoms with Gasteiger partial charge in [0.05, 0.1) is 16.1 Å². The number of hydrazine groups is 1. The summed E-state index contributed by atoms with van der Waals surface area (Å²) in [5, 5.41) is 0. The molecular formula is C17H17F3N2OS. The van der Waals surface area contributed by atoms with Gasteiger partial charge in [-0.3, -0.25) is 15.6 Å². The Bertz CT molecular complexity index is 755. The minimum atomic E-state index is -4.48. The molecule has 0 saturated heterocycles. The Hall–Kier alpha value is -2.02. The van der Waals surface area contributed by atoms with Gasteiger partial charge in [-0.2, -0.15) is 13.2 Å². The number of fused-ring (bicyclic) bond motifs is 1. The molecule has 0 bridgehead atoms. The molecule has 2 aromatic rings. The molecule has 0 aliphatic heterocycles. The number of carbonyl (C=O) groups is 1. The van der Waals surface area contributed by atoms with Crippen molar-refractivity contribution in [1.29, 1.82) is 0 Å². The average Bonchev–Trinajstić information content (AvgIpc) is 2.95. The van der Waals surface area contributed by atoms with Crippen molar-refractivity contribution >= 4 is 22.9 Å². The lowest BCUT2D eigenvalue weighted by Gasteiger charge is -2.16. The maximum atomic E-state index is 12.9. The Morgan fingerprint density at radius 3 is 2.79 bits per heavy atom. The van der Waals surface area contributed by atoms with E-state index >= 15 is 0 Å². The number of nitrogens with one attached hydrogen (secondary N) is 2. The van der Waals surface area contributed by atoms with E-state index in [-0.39, 0.29) is 5.69 Å². The number of anilines is 1. The SMILES string of the molecule is CC1CCc2sc(C(=O)NNc3ccccc3C(F)(F)F)cc2C1. The number of benzene rings is 1. The lowest BCUT2D eigenvalue weighted by Crippen LogP contribution is -2.29. The number of hydrogen-bond donors (Lipinski definition) is 2. The second-order valence-corrected chi connectivity index (χ2v) is 7.17. The lowest BCUT2D eigenvalue weighted by atomic mass is 9.90. The molecule has 24 heavy (non-hydrogen) atoms. The zero-order valence-electron chi connectivity index (χ0n) is 13.0. The van der Waals surface area contributed by atoms with Gasteiger partial charge < -0.3 is 0 Å². The van der Waals surface area contributed by atoms with Crippen LogP contribution in [0.3, 0.4) is 0 Å². The highest BCUT2D eigenvalue weighted by Gasteiger charge is 2.33. The molecule has 1 unspecified atom stereocenters. The predicted octanol–water partition coefficient (Wildman–Crippen LogP) is 4.65. The van der Waals surface area contributed by atoms with Gasteiger partial charge in [-0.15, -0.1) is 11.3 Å². The van der Waals surface area contributed by atoms with Crippen LogP contribution in [0.15, 0.2) is 30.3 Å². The van der Waals surface area contributed by atoms with Gasteiger partial charge in [0.2, 0.25) is 0 Å². The second kappa shape index (κ2) is 6.47. The number of thiophene rings is 1. The van der Waals surface area contributed by atoms with Crippen molar-refractivity contribution < 1.29 is 18.0 Å². The first-order valence-electron chi connectivity index (χ1n) is 7.68. The van der Waals surface area contributed by atoms with Crippen LogP contribution in [0.2, 0.25) is 0 Å². The molecule has 3 rings (SSSR count). The van der Waals surface area contributed by atoms with Crippen molar-refractivity contribution in [2.45, 2.75) is 32.4 Å². The Kier molecular flexibility index (Phi) is 4.54. The minimum Gasteiger partial charge on any atom is -0.298 e. The normalized spacial score (nSPS) is 17.2. The summed E-state index contributed by atoms with van der Waals surface area (Å²) in [6.07, 6.45) is -1.47. The van der Waals surface area contributed by atoms with Crippen LogP contribution in [0, 0.1) is 5.92 Å². The van der Waals surface area contributed by atoms with Gasteiger partial charge in [0.15, 0.2) is 0 Å². The first-order chi connectivity index (χ1) is 11.3. The molecule has 128 valence electrons. The smallest absolute Gasteiger partial charge is 0.298 e. The van der Waals surface area contributed by atoms with E-state index in [1.807, 2.05) is 6.07 Å². The predicted molar refractivity (Wildman–Crippen MR) is 88.0 cm³/mol. The molecule has 1 aromatic heterocycles. The summed E-state index contributed by atoms with van der Waals surface area (Å²) in [5.41, 5.74) is 4.96. The maximum absolute atomic E-state index is 12.9. The molecule has 1 aliphatic carbocycles. The van der Waals surface area contributed by atoms with Crippen LogP contribution in [-0.2, 0) is 19.0 Å². The number of carbonyl (C=O) groups excluding carboxylic acids is 1. The van der Waals surface area contributed by atoms with Gasteiger partial charge in [0.1, 0.15) is 0 Å². The Balaban J connectivity index is 1.71. The first kappa shape index (κ1) is 16.8. The summed E-state index contributed by atoms with van der Waals surface area (Å²) in [7, 11) is 0. The molecule has 0 fully saturated rings. The molecule has 1 heterocycles. The largest absolute Gasteiger partial charge is 0.418 e. The zero-order valence-corrected chi connectivity index (χ0v) is 13.9. The molecule has 2 N–H and O–H groups in total. The molecule has 3 nitrogen and oxygen atoms in total. The zero-order chi connectivity index (χ0) is 17.3. The van der Waals surface area contributed by atoms with E-state index in [9.17, 15) is 18.0 Å². The third-order valence-electron chi connectivity index (χ3n) is 4.10. The maximum Gasteiger partial charge on any atom is 0.418 e. The van der Waals surface area contributed by atoms with Gasteiger partial charge >= 0.3 is 6.18 Å². The standard InChI is InChI=1S/C17H17F3N2OS/c1-10-6-7-14-11(8-10)9-15(24-14)16(23)22-21-13-5-3-2-4-12(13)17(18,19)20/h2-5,9-10,21H,6-8H2,1H3,(H,22,23). The number of hydrogen-bond acceptors (Lipinski definition) is 3. The summed E-state index contributed by atoms with van der Waals surface area (Å²) in [5.74, 6) is 0.179. The van der Waals surface area contributed by atoms with Crippen LogP contribution in [0.1, 0.15) is 39.0 Å². The summed E-state index contributed by atoms with van der Waals surface area (Å²) in [4.78, 5) is 14.0. The van der Waals surface area contributed by atoms with Gasteiger partial charge in [0.25, 0.3) is 5.91 Å². The molecule has 1 amide bonds. The van der Waals surface area contributed by atoms with Crippen LogP contribution in [0.4, 0.5) is 18.9 Å². The highest BCUT2D eigenvalue weighted by atomic mass is 32.1. The van der Waals surface area contributed by atoms with E-state index in [0.717, 1.165) is 25.3 Å². The monoisotopic (exact) mass is 354 g/mol. The van der Waals surface area contributed by atoms with Crippen molar-refractivity contribution in [2.24, 2.45) is 5.92 Å². The fourth-order valence-corrected chi connectivity index (χ4v) is 3.95. The summed E-state index contributed by atoms with van der Waals surface area (Å²) >= 11 is 1.42. The molecular weight excluding hydrogens is 337 g/mol. The van der Waals surface area contributed by atoms with E-state index in [1.54, 1.807) is 0 Å². The van der Waals surface area contributed by atoms with Gasteiger partial charge in [-0.05, 0) is 48.9 Å². The van der Waals surface area contributed by atoms with E-state index in [2.05, 4.69) is 17.8 Å². The lowest BCUT2D eigenvalue weighted by molar-refractivity contribution is -0.137. The highest BCUT2D eigenvalue weighted by Crippen LogP contribution is 2.34. The second-order valence-electron chi connectivity index (χ2n) is 6.03. The fraction of sp³-hybridized carbons (Fsp3) is 0.353. The number of rotatable bonds is 3. The Morgan fingerprint density at radius 1 is 1.29 bits per heavy atom. The Labute approximate surface area is 141 Å².